The first-order valence-corrected chi connectivity index (χ1v) is 13.6. The summed E-state index contributed by atoms with van der Waals surface area (Å²) in [6.45, 7) is 7.82. The molecule has 1 saturated heterocycles. The van der Waals surface area contributed by atoms with Crippen LogP contribution in [-0.2, 0) is 16.0 Å². The SMILES string of the molecule is CCCCOC(=O)NCCn1cc(-c2nn3c(-c4cnn(C5CCCCO5)c4)cnc3c(=O)n2C(C)C)cn1. The number of alkyl carbamates (subject to hydrolysis) is 1. The van der Waals surface area contributed by atoms with Gasteiger partial charge in [-0.15, -0.1) is 5.10 Å². The van der Waals surface area contributed by atoms with Crippen molar-refractivity contribution >= 4 is 11.7 Å². The molecule has 1 unspecified atom stereocenters. The molecule has 1 fully saturated rings. The molecular formula is C26H35N9O4. The standard InChI is InChI=1S/C26H35N9O4/c1-4-5-11-39-26(37)27-9-10-32-16-20(14-29-32)23-31-35-21(15-28-24(35)25(36)34(23)18(2)3)19-13-30-33(17-19)22-8-6-7-12-38-22/h13-18,22H,4-12H2,1-3H3,(H,27,37). The number of aromatic nitrogens is 8. The number of nitrogens with one attached hydrogen (secondary N) is 1. The minimum absolute atomic E-state index is 0.0908. The van der Waals surface area contributed by atoms with E-state index < -0.39 is 6.09 Å². The summed E-state index contributed by atoms with van der Waals surface area (Å²) in [5.74, 6) is 0.475. The molecule has 0 radical (unpaired) electrons. The first kappa shape index (κ1) is 26.6. The van der Waals surface area contributed by atoms with Crippen LogP contribution in [0.2, 0.25) is 0 Å². The third-order valence-electron chi connectivity index (χ3n) is 6.67. The molecule has 208 valence electrons. The highest BCUT2D eigenvalue weighted by Gasteiger charge is 2.22. The fourth-order valence-corrected chi connectivity index (χ4v) is 4.61. The van der Waals surface area contributed by atoms with E-state index in [2.05, 4.69) is 20.5 Å². The number of carbonyl (C=O) groups is 1. The number of amides is 1. The third kappa shape index (κ3) is 5.72. The summed E-state index contributed by atoms with van der Waals surface area (Å²) < 4.78 is 17.7. The molecular weight excluding hydrogens is 502 g/mol. The van der Waals surface area contributed by atoms with Gasteiger partial charge in [-0.05, 0) is 39.5 Å². The van der Waals surface area contributed by atoms with Crippen LogP contribution in [0.1, 0.15) is 65.1 Å². The van der Waals surface area contributed by atoms with E-state index in [1.807, 2.05) is 37.8 Å². The number of carbonyl (C=O) groups excluding carboxylic acids is 1. The minimum Gasteiger partial charge on any atom is -0.450 e. The maximum absolute atomic E-state index is 13.5. The highest BCUT2D eigenvalue weighted by Crippen LogP contribution is 2.26. The van der Waals surface area contributed by atoms with Gasteiger partial charge in [-0.3, -0.25) is 14.0 Å². The number of hydrogen-bond acceptors (Lipinski definition) is 8. The van der Waals surface area contributed by atoms with Gasteiger partial charge in [0.15, 0.2) is 5.82 Å². The molecule has 5 heterocycles. The summed E-state index contributed by atoms with van der Waals surface area (Å²) in [7, 11) is 0. The van der Waals surface area contributed by atoms with E-state index in [1.165, 1.54) is 0 Å². The molecule has 0 saturated carbocycles. The monoisotopic (exact) mass is 537 g/mol. The Balaban J connectivity index is 1.41. The predicted octanol–water partition coefficient (Wildman–Crippen LogP) is 3.42. The lowest BCUT2D eigenvalue weighted by Crippen LogP contribution is -2.28. The first-order valence-electron chi connectivity index (χ1n) is 13.6. The van der Waals surface area contributed by atoms with Gasteiger partial charge in [0.1, 0.15) is 6.23 Å². The molecule has 1 aliphatic rings. The number of unbranched alkanes of at least 4 members (excludes halogenated alkanes) is 1. The van der Waals surface area contributed by atoms with Crippen LogP contribution in [0, 0.1) is 0 Å². The van der Waals surface area contributed by atoms with E-state index in [9.17, 15) is 9.59 Å². The first-order chi connectivity index (χ1) is 19.0. The van der Waals surface area contributed by atoms with Crippen molar-refractivity contribution in [2.24, 2.45) is 0 Å². The Bertz CT molecular complexity index is 1480. The Morgan fingerprint density at radius 3 is 2.79 bits per heavy atom. The summed E-state index contributed by atoms with van der Waals surface area (Å²) in [4.78, 5) is 29.7. The molecule has 13 nitrogen and oxygen atoms in total. The van der Waals surface area contributed by atoms with Crippen LogP contribution in [-0.4, -0.2) is 64.6 Å². The molecule has 1 atom stereocenters. The molecule has 0 spiro atoms. The van der Waals surface area contributed by atoms with Gasteiger partial charge in [-0.2, -0.15) is 10.2 Å². The summed E-state index contributed by atoms with van der Waals surface area (Å²) in [5, 5.41) is 16.5. The van der Waals surface area contributed by atoms with Crippen molar-refractivity contribution in [3.63, 3.8) is 0 Å². The molecule has 1 amide bonds. The van der Waals surface area contributed by atoms with Crippen LogP contribution in [0.25, 0.3) is 28.3 Å². The van der Waals surface area contributed by atoms with Gasteiger partial charge >= 0.3 is 6.09 Å². The Hall–Kier alpha value is -4.00. The smallest absolute Gasteiger partial charge is 0.407 e. The molecule has 4 aromatic rings. The third-order valence-corrected chi connectivity index (χ3v) is 6.67. The second-order valence-corrected chi connectivity index (χ2v) is 9.91. The number of hydrogen-bond donors (Lipinski definition) is 1. The lowest BCUT2D eigenvalue weighted by Gasteiger charge is -2.22. The Labute approximate surface area is 225 Å². The van der Waals surface area contributed by atoms with E-state index in [4.69, 9.17) is 14.6 Å². The maximum Gasteiger partial charge on any atom is 0.407 e. The molecule has 4 aromatic heterocycles. The van der Waals surface area contributed by atoms with E-state index in [-0.39, 0.29) is 23.5 Å². The number of fused-ring (bicyclic) bond motifs is 1. The lowest BCUT2D eigenvalue weighted by molar-refractivity contribution is -0.0394. The van der Waals surface area contributed by atoms with Gasteiger partial charge in [0, 0.05) is 37.2 Å². The second kappa shape index (κ2) is 11.8. The molecule has 1 N–H and O–H groups in total. The van der Waals surface area contributed by atoms with Crippen molar-refractivity contribution in [2.45, 2.75) is 71.7 Å². The van der Waals surface area contributed by atoms with Gasteiger partial charge in [0.25, 0.3) is 5.56 Å². The summed E-state index contributed by atoms with van der Waals surface area (Å²) in [6, 6.07) is -0.153. The van der Waals surface area contributed by atoms with E-state index in [0.717, 1.165) is 44.3 Å². The van der Waals surface area contributed by atoms with Gasteiger partial charge in [0.05, 0.1) is 43.0 Å². The predicted molar refractivity (Wildman–Crippen MR) is 143 cm³/mol. The fraction of sp³-hybridized carbons (Fsp3) is 0.538. The molecule has 39 heavy (non-hydrogen) atoms. The topological polar surface area (TPSA) is 135 Å². The minimum atomic E-state index is -0.442. The van der Waals surface area contributed by atoms with Gasteiger partial charge < -0.3 is 14.8 Å². The molecule has 13 heteroatoms. The average Bonchev–Trinajstić information content (AvgIpc) is 3.69. The van der Waals surface area contributed by atoms with Crippen molar-refractivity contribution < 1.29 is 14.3 Å². The Kier molecular flexibility index (Phi) is 8.05. The number of nitrogens with zero attached hydrogens (tertiary/aromatic N) is 8. The van der Waals surface area contributed by atoms with Gasteiger partial charge in [-0.1, -0.05) is 13.3 Å². The number of imidazole rings is 1. The highest BCUT2D eigenvalue weighted by molar-refractivity contribution is 5.67. The van der Waals surface area contributed by atoms with Crippen LogP contribution >= 0.6 is 0 Å². The summed E-state index contributed by atoms with van der Waals surface area (Å²) in [5.41, 5.74) is 2.14. The average molecular weight is 538 g/mol. The highest BCUT2D eigenvalue weighted by atomic mass is 16.5. The Morgan fingerprint density at radius 2 is 2.03 bits per heavy atom. The van der Waals surface area contributed by atoms with Crippen LogP contribution in [0.4, 0.5) is 4.79 Å². The van der Waals surface area contributed by atoms with Gasteiger partial charge in [0.2, 0.25) is 5.65 Å². The zero-order valence-corrected chi connectivity index (χ0v) is 22.6. The van der Waals surface area contributed by atoms with Gasteiger partial charge in [-0.25, -0.2) is 19.0 Å². The second-order valence-electron chi connectivity index (χ2n) is 9.91. The van der Waals surface area contributed by atoms with E-state index in [1.54, 1.807) is 32.4 Å². The summed E-state index contributed by atoms with van der Waals surface area (Å²) >= 11 is 0. The zero-order chi connectivity index (χ0) is 27.4. The van der Waals surface area contributed by atoms with Crippen LogP contribution in [0.3, 0.4) is 0 Å². The lowest BCUT2D eigenvalue weighted by atomic mass is 10.2. The van der Waals surface area contributed by atoms with Crippen molar-refractivity contribution in [3.8, 4) is 22.6 Å². The van der Waals surface area contributed by atoms with E-state index in [0.29, 0.717) is 36.8 Å². The quantitative estimate of drug-likeness (QED) is 0.304. The van der Waals surface area contributed by atoms with Crippen LogP contribution in [0.15, 0.2) is 35.8 Å². The zero-order valence-electron chi connectivity index (χ0n) is 22.6. The fourth-order valence-electron chi connectivity index (χ4n) is 4.61. The van der Waals surface area contributed by atoms with E-state index >= 15 is 0 Å². The van der Waals surface area contributed by atoms with Crippen molar-refractivity contribution in [2.75, 3.05) is 19.8 Å². The van der Waals surface area contributed by atoms with Crippen molar-refractivity contribution in [3.05, 3.63) is 41.3 Å². The normalized spacial score (nSPS) is 15.7. The molecule has 0 aromatic carbocycles. The van der Waals surface area contributed by atoms with Crippen LogP contribution in [0.5, 0.6) is 0 Å². The largest absolute Gasteiger partial charge is 0.450 e. The molecule has 0 aliphatic carbocycles. The maximum atomic E-state index is 13.5. The number of rotatable bonds is 10. The van der Waals surface area contributed by atoms with Crippen molar-refractivity contribution in [1.29, 1.82) is 0 Å². The molecule has 5 rings (SSSR count). The Morgan fingerprint density at radius 1 is 1.18 bits per heavy atom. The molecule has 0 bridgehead atoms. The number of ether oxygens (including phenoxy) is 2. The summed E-state index contributed by atoms with van der Waals surface area (Å²) in [6.07, 6.45) is 13.1. The molecule has 1 aliphatic heterocycles. The van der Waals surface area contributed by atoms with Crippen LogP contribution < -0.4 is 10.9 Å². The van der Waals surface area contributed by atoms with Crippen molar-refractivity contribution in [1.82, 2.24) is 44.0 Å².